The standard InChI is InChI=1S/C22H21N5OS2/c1-11(2)19-24-21-18(12(3)13(4)30-21)20-25-26-22(27(19)20)29-10-14-9-17(28)23-16-8-6-5-7-15(14)16/h5-9,11H,10H2,1-4H3,(H,23,28). The molecule has 0 saturated carbocycles. The number of para-hydroxylation sites is 1. The van der Waals surface area contributed by atoms with E-state index >= 15 is 0 Å². The molecule has 0 fully saturated rings. The van der Waals surface area contributed by atoms with Crippen LogP contribution in [0.4, 0.5) is 0 Å². The molecule has 6 nitrogen and oxygen atoms in total. The predicted octanol–water partition coefficient (Wildman–Crippen LogP) is 5.21. The third kappa shape index (κ3) is 3.02. The van der Waals surface area contributed by atoms with Crippen molar-refractivity contribution >= 4 is 49.9 Å². The van der Waals surface area contributed by atoms with Gasteiger partial charge in [0.25, 0.3) is 0 Å². The van der Waals surface area contributed by atoms with E-state index in [1.165, 1.54) is 10.4 Å². The number of aryl methyl sites for hydroxylation is 2. The van der Waals surface area contributed by atoms with Crippen LogP contribution in [0, 0.1) is 13.8 Å². The molecule has 0 spiro atoms. The molecule has 0 saturated heterocycles. The van der Waals surface area contributed by atoms with E-state index < -0.39 is 0 Å². The van der Waals surface area contributed by atoms with Crippen molar-refractivity contribution < 1.29 is 0 Å². The summed E-state index contributed by atoms with van der Waals surface area (Å²) < 4.78 is 2.09. The molecule has 0 aliphatic heterocycles. The number of hydrogen-bond acceptors (Lipinski definition) is 6. The Labute approximate surface area is 181 Å². The molecule has 4 aromatic heterocycles. The third-order valence-electron chi connectivity index (χ3n) is 5.38. The molecule has 5 aromatic rings. The second-order valence-corrected chi connectivity index (χ2v) is 9.87. The van der Waals surface area contributed by atoms with Crippen molar-refractivity contribution in [3.8, 4) is 0 Å². The molecule has 0 bridgehead atoms. The summed E-state index contributed by atoms with van der Waals surface area (Å²) in [5.41, 5.74) is 3.82. The van der Waals surface area contributed by atoms with Crippen molar-refractivity contribution in [2.24, 2.45) is 0 Å². The van der Waals surface area contributed by atoms with E-state index in [1.54, 1.807) is 29.2 Å². The lowest BCUT2D eigenvalue weighted by atomic mass is 10.1. The van der Waals surface area contributed by atoms with Crippen molar-refractivity contribution in [1.29, 1.82) is 0 Å². The Morgan fingerprint density at radius 1 is 1.20 bits per heavy atom. The van der Waals surface area contributed by atoms with Crippen LogP contribution >= 0.6 is 23.1 Å². The highest BCUT2D eigenvalue weighted by Crippen LogP contribution is 2.35. The molecule has 0 radical (unpaired) electrons. The zero-order valence-corrected chi connectivity index (χ0v) is 18.8. The number of pyridine rings is 1. The lowest BCUT2D eigenvalue weighted by Gasteiger charge is -2.11. The van der Waals surface area contributed by atoms with Crippen molar-refractivity contribution in [1.82, 2.24) is 24.6 Å². The Kier molecular flexibility index (Phi) is 4.63. The van der Waals surface area contributed by atoms with Gasteiger partial charge in [-0.15, -0.1) is 21.5 Å². The number of nitrogens with one attached hydrogen (secondary N) is 1. The summed E-state index contributed by atoms with van der Waals surface area (Å²) >= 11 is 3.30. The molecule has 1 N–H and O–H groups in total. The number of H-pyrrole nitrogens is 1. The van der Waals surface area contributed by atoms with Crippen LogP contribution in [-0.2, 0) is 5.75 Å². The molecule has 0 aliphatic rings. The number of hydrogen-bond donors (Lipinski definition) is 1. The fourth-order valence-corrected chi connectivity index (χ4v) is 5.72. The fraction of sp³-hybridized carbons (Fsp3) is 0.273. The Bertz CT molecular complexity index is 1480. The first-order valence-electron chi connectivity index (χ1n) is 9.82. The summed E-state index contributed by atoms with van der Waals surface area (Å²) in [6.45, 7) is 8.52. The Balaban J connectivity index is 1.64. The van der Waals surface area contributed by atoms with Gasteiger partial charge in [-0.3, -0.25) is 9.20 Å². The summed E-state index contributed by atoms with van der Waals surface area (Å²) in [5, 5.41) is 12.0. The van der Waals surface area contributed by atoms with Crippen LogP contribution in [0.3, 0.4) is 0 Å². The maximum Gasteiger partial charge on any atom is 0.248 e. The topological polar surface area (TPSA) is 75.9 Å². The number of fused-ring (bicyclic) bond motifs is 4. The lowest BCUT2D eigenvalue weighted by Crippen LogP contribution is -2.07. The molecular weight excluding hydrogens is 414 g/mol. The maximum atomic E-state index is 12.1. The van der Waals surface area contributed by atoms with Crippen LogP contribution in [0.2, 0.25) is 0 Å². The molecule has 0 amide bonds. The zero-order chi connectivity index (χ0) is 21.0. The van der Waals surface area contributed by atoms with E-state index in [2.05, 4.69) is 47.3 Å². The van der Waals surface area contributed by atoms with Gasteiger partial charge < -0.3 is 4.98 Å². The highest BCUT2D eigenvalue weighted by atomic mass is 32.2. The first-order valence-corrected chi connectivity index (χ1v) is 11.6. The van der Waals surface area contributed by atoms with Gasteiger partial charge in [0.1, 0.15) is 10.7 Å². The van der Waals surface area contributed by atoms with E-state index in [4.69, 9.17) is 4.98 Å². The van der Waals surface area contributed by atoms with Gasteiger partial charge in [-0.2, -0.15) is 0 Å². The molecule has 152 valence electrons. The van der Waals surface area contributed by atoms with Gasteiger partial charge in [0, 0.05) is 33.5 Å². The number of rotatable bonds is 4. The first-order chi connectivity index (χ1) is 14.4. The van der Waals surface area contributed by atoms with Crippen LogP contribution in [-0.4, -0.2) is 24.6 Å². The van der Waals surface area contributed by atoms with Gasteiger partial charge >= 0.3 is 0 Å². The summed E-state index contributed by atoms with van der Waals surface area (Å²) in [6.07, 6.45) is 0. The number of nitrogens with zero attached hydrogens (tertiary/aromatic N) is 4. The van der Waals surface area contributed by atoms with Gasteiger partial charge in [0.2, 0.25) is 5.56 Å². The van der Waals surface area contributed by atoms with E-state index in [9.17, 15) is 4.79 Å². The average molecular weight is 436 g/mol. The summed E-state index contributed by atoms with van der Waals surface area (Å²) in [7, 11) is 0. The molecule has 1 aromatic carbocycles. The molecule has 0 aliphatic carbocycles. The summed E-state index contributed by atoms with van der Waals surface area (Å²) in [6, 6.07) is 9.55. The van der Waals surface area contributed by atoms with Crippen molar-refractivity contribution in [2.75, 3.05) is 0 Å². The maximum absolute atomic E-state index is 12.1. The van der Waals surface area contributed by atoms with Crippen molar-refractivity contribution in [2.45, 2.75) is 44.5 Å². The van der Waals surface area contributed by atoms with Gasteiger partial charge in [-0.1, -0.05) is 43.8 Å². The minimum atomic E-state index is -0.0916. The van der Waals surface area contributed by atoms with E-state index in [1.807, 2.05) is 24.3 Å². The minimum absolute atomic E-state index is 0.0916. The molecule has 30 heavy (non-hydrogen) atoms. The quantitative estimate of drug-likeness (QED) is 0.392. The Morgan fingerprint density at radius 2 is 2.00 bits per heavy atom. The SMILES string of the molecule is Cc1sc2nc(C(C)C)n3c(SCc4cc(=O)[nH]c5ccccc45)nnc3c2c1C. The Morgan fingerprint density at radius 3 is 2.80 bits per heavy atom. The van der Waals surface area contributed by atoms with Gasteiger partial charge in [-0.05, 0) is 31.0 Å². The second kappa shape index (κ2) is 7.21. The molecule has 5 rings (SSSR count). The largest absolute Gasteiger partial charge is 0.322 e. The van der Waals surface area contributed by atoms with Crippen LogP contribution in [0.15, 0.2) is 40.3 Å². The highest BCUT2D eigenvalue weighted by Gasteiger charge is 2.21. The van der Waals surface area contributed by atoms with Crippen molar-refractivity contribution in [3.05, 3.63) is 62.5 Å². The summed E-state index contributed by atoms with van der Waals surface area (Å²) in [5.74, 6) is 1.82. The lowest BCUT2D eigenvalue weighted by molar-refractivity contribution is 0.729. The molecular formula is C22H21N5OS2. The average Bonchev–Trinajstić information content (AvgIpc) is 3.26. The number of aromatic nitrogens is 5. The van der Waals surface area contributed by atoms with E-state index in [0.29, 0.717) is 5.75 Å². The monoisotopic (exact) mass is 435 g/mol. The normalized spacial score (nSPS) is 12.0. The fourth-order valence-electron chi connectivity index (χ4n) is 3.76. The zero-order valence-electron chi connectivity index (χ0n) is 17.2. The first kappa shape index (κ1) is 19.3. The number of benzene rings is 1. The molecule has 0 atom stereocenters. The number of thiophene rings is 1. The minimum Gasteiger partial charge on any atom is -0.322 e. The number of aromatic amines is 1. The summed E-state index contributed by atoms with van der Waals surface area (Å²) in [4.78, 5) is 22.2. The third-order valence-corrected chi connectivity index (χ3v) is 7.46. The number of thioether (sulfide) groups is 1. The second-order valence-electron chi connectivity index (χ2n) is 7.72. The van der Waals surface area contributed by atoms with Gasteiger partial charge in [0.15, 0.2) is 10.8 Å². The predicted molar refractivity (Wildman–Crippen MR) is 124 cm³/mol. The van der Waals surface area contributed by atoms with E-state index in [-0.39, 0.29) is 11.5 Å². The molecule has 4 heterocycles. The Hall–Kier alpha value is -2.71. The highest BCUT2D eigenvalue weighted by molar-refractivity contribution is 7.98. The van der Waals surface area contributed by atoms with Crippen LogP contribution in [0.5, 0.6) is 0 Å². The smallest absolute Gasteiger partial charge is 0.248 e. The molecule has 8 heteroatoms. The van der Waals surface area contributed by atoms with E-state index in [0.717, 1.165) is 43.3 Å². The van der Waals surface area contributed by atoms with Crippen molar-refractivity contribution in [3.63, 3.8) is 0 Å². The van der Waals surface area contributed by atoms with Gasteiger partial charge in [-0.25, -0.2) is 4.98 Å². The van der Waals surface area contributed by atoms with Crippen LogP contribution < -0.4 is 5.56 Å². The van der Waals surface area contributed by atoms with Crippen LogP contribution in [0.25, 0.3) is 26.8 Å². The van der Waals surface area contributed by atoms with Gasteiger partial charge in [0.05, 0.1) is 5.39 Å². The van der Waals surface area contributed by atoms with Crippen LogP contribution in [0.1, 0.15) is 41.6 Å². The molecule has 0 unspecified atom stereocenters.